The molecule has 4 aliphatic carbocycles. The Morgan fingerprint density at radius 1 is 0.614 bits per heavy atom. The molecule has 0 N–H and O–H groups in total. The Hall–Kier alpha value is -3.36. The Morgan fingerprint density at radius 2 is 1.23 bits per heavy atom. The Labute approximate surface area is 422 Å². The van der Waals surface area contributed by atoms with Crippen LogP contribution in [0.4, 0.5) is 0 Å². The van der Waals surface area contributed by atoms with Gasteiger partial charge in [-0.3, -0.25) is 0 Å². The molecule has 6 aliphatic rings. The summed E-state index contributed by atoms with van der Waals surface area (Å²) in [5.41, 5.74) is 8.19. The van der Waals surface area contributed by atoms with E-state index in [4.69, 9.17) is 28.4 Å². The second-order valence-corrected chi connectivity index (χ2v) is 24.0. The van der Waals surface area contributed by atoms with Crippen LogP contribution < -0.4 is 0 Å². The minimum Gasteiger partial charge on any atom is -0.374 e. The second kappa shape index (κ2) is 22.8. The maximum Gasteiger partial charge on any atom is 0.187 e. The fourth-order valence-corrected chi connectivity index (χ4v) is 15.6. The monoisotopic (exact) mass is 951 g/mol. The molecule has 70 heavy (non-hydrogen) atoms. The van der Waals surface area contributed by atoms with Crippen LogP contribution in [0.5, 0.6) is 0 Å². The first-order valence-electron chi connectivity index (χ1n) is 28.1. The zero-order valence-corrected chi connectivity index (χ0v) is 43.5. The third kappa shape index (κ3) is 11.1. The van der Waals surface area contributed by atoms with Gasteiger partial charge in [0.15, 0.2) is 6.29 Å². The van der Waals surface area contributed by atoms with E-state index < -0.39 is 30.7 Å². The van der Waals surface area contributed by atoms with Crippen molar-refractivity contribution in [1.82, 2.24) is 0 Å². The number of hydrogen-bond donors (Lipinski definition) is 0. The summed E-state index contributed by atoms with van der Waals surface area (Å²) in [6, 6.07) is 38.5. The molecular weight excluding hydrogens is 865 g/mol. The van der Waals surface area contributed by atoms with Crippen molar-refractivity contribution < 1.29 is 28.4 Å². The quantitative estimate of drug-likeness (QED) is 0.125. The van der Waals surface area contributed by atoms with Gasteiger partial charge < -0.3 is 28.4 Å². The number of aryl methyl sites for hydroxylation is 2. The van der Waals surface area contributed by atoms with E-state index in [9.17, 15) is 0 Å². The van der Waals surface area contributed by atoms with Gasteiger partial charge in [-0.05, 0) is 163 Å². The highest BCUT2D eigenvalue weighted by Crippen LogP contribution is 2.68. The topological polar surface area (TPSA) is 55.4 Å². The predicted molar refractivity (Wildman–Crippen MR) is 280 cm³/mol. The summed E-state index contributed by atoms with van der Waals surface area (Å²) in [4.78, 5) is 0. The zero-order chi connectivity index (χ0) is 48.1. The first-order chi connectivity index (χ1) is 34.2. The van der Waals surface area contributed by atoms with Gasteiger partial charge in [-0.1, -0.05) is 163 Å². The molecule has 2 aliphatic heterocycles. The Balaban J connectivity index is 0.913. The van der Waals surface area contributed by atoms with Crippen molar-refractivity contribution in [2.75, 3.05) is 6.61 Å². The third-order valence-corrected chi connectivity index (χ3v) is 19.4. The molecule has 0 spiro atoms. The predicted octanol–water partition coefficient (Wildman–Crippen LogP) is 14.7. The molecule has 0 radical (unpaired) electrons. The molecule has 6 nitrogen and oxygen atoms in total. The second-order valence-electron chi connectivity index (χ2n) is 24.0. The van der Waals surface area contributed by atoms with Crippen molar-refractivity contribution in [3.8, 4) is 0 Å². The van der Waals surface area contributed by atoms with Gasteiger partial charge in [0.2, 0.25) is 0 Å². The van der Waals surface area contributed by atoms with Crippen molar-refractivity contribution in [1.29, 1.82) is 0 Å². The number of ether oxygens (including phenoxy) is 6. The molecule has 4 aromatic rings. The van der Waals surface area contributed by atoms with Crippen molar-refractivity contribution in [3.05, 3.63) is 143 Å². The van der Waals surface area contributed by atoms with Crippen LogP contribution in [-0.4, -0.2) is 43.4 Å². The summed E-state index contributed by atoms with van der Waals surface area (Å²) < 4.78 is 42.9. The standard InChI is InChI=1S/C64H86O6/c1-44(2)18-16-19-45(3)55-32-33-56-54-31-30-52-38-53(34-36-63(52,4)57(54)35-37-64(55,56)5)69-62-61(67-40-47-22-10-7-11-23-47)60-59(66-39-46-20-8-6-9-21-46)58(70-62)43-65-41-50-26-14-12-24-48(50)28-17-29-49-25-13-15-27-51(49)42-68-60/h6-15,20-27,44-45,52-62H,16-19,28-43H2,1-5H3/t45-,52?,53+,54+,55-,56+,57+,58-,59-,60+,61-,62+,63+,64-/m1/s1. The number of hydrogen-bond acceptors (Lipinski definition) is 6. The van der Waals surface area contributed by atoms with E-state index in [0.29, 0.717) is 49.8 Å². The molecule has 4 saturated carbocycles. The molecule has 0 amide bonds. The molecule has 4 aromatic carbocycles. The Kier molecular flexibility index (Phi) is 16.4. The largest absolute Gasteiger partial charge is 0.374 e. The normalized spacial score (nSPS) is 35.0. The average molecular weight is 951 g/mol. The Morgan fingerprint density at radius 3 is 1.91 bits per heavy atom. The maximum absolute atomic E-state index is 7.46. The highest BCUT2D eigenvalue weighted by molar-refractivity contribution is 5.29. The minimum absolute atomic E-state index is 0.0737. The lowest BCUT2D eigenvalue weighted by Crippen LogP contribution is -2.62. The lowest BCUT2D eigenvalue weighted by atomic mass is 9.44. The molecule has 10 rings (SSSR count). The lowest BCUT2D eigenvalue weighted by Gasteiger charge is -2.61. The fraction of sp³-hybridized carbons (Fsp3) is 0.625. The van der Waals surface area contributed by atoms with Gasteiger partial charge in [0, 0.05) is 0 Å². The summed E-state index contributed by atoms with van der Waals surface area (Å²) in [6.45, 7) is 15.0. The van der Waals surface area contributed by atoms with Gasteiger partial charge in [0.05, 0.1) is 39.1 Å². The molecule has 0 aromatic heterocycles. The zero-order valence-electron chi connectivity index (χ0n) is 43.5. The van der Waals surface area contributed by atoms with Crippen LogP contribution in [0.3, 0.4) is 0 Å². The van der Waals surface area contributed by atoms with Gasteiger partial charge >= 0.3 is 0 Å². The van der Waals surface area contributed by atoms with E-state index in [1.165, 1.54) is 86.5 Å². The van der Waals surface area contributed by atoms with Crippen LogP contribution in [0.2, 0.25) is 0 Å². The molecule has 14 atom stereocenters. The van der Waals surface area contributed by atoms with Gasteiger partial charge in [-0.15, -0.1) is 0 Å². The van der Waals surface area contributed by atoms with E-state index in [2.05, 4.69) is 144 Å². The van der Waals surface area contributed by atoms with Crippen LogP contribution in [0.1, 0.15) is 151 Å². The summed E-state index contributed by atoms with van der Waals surface area (Å²) in [5.74, 6) is 5.78. The van der Waals surface area contributed by atoms with Gasteiger partial charge in [0.25, 0.3) is 0 Å². The van der Waals surface area contributed by atoms with Gasteiger partial charge in [-0.25, -0.2) is 0 Å². The van der Waals surface area contributed by atoms with Crippen LogP contribution >= 0.6 is 0 Å². The summed E-state index contributed by atoms with van der Waals surface area (Å²) >= 11 is 0. The highest BCUT2D eigenvalue weighted by atomic mass is 16.7. The molecule has 378 valence electrons. The molecule has 1 unspecified atom stereocenters. The van der Waals surface area contributed by atoms with E-state index in [0.717, 1.165) is 78.7 Å². The van der Waals surface area contributed by atoms with Crippen LogP contribution in [-0.2, 0) is 67.7 Å². The van der Waals surface area contributed by atoms with Crippen LogP contribution in [0.25, 0.3) is 0 Å². The summed E-state index contributed by atoms with van der Waals surface area (Å²) in [6.07, 6.45) is 16.4. The molecule has 2 heterocycles. The van der Waals surface area contributed by atoms with Crippen molar-refractivity contribution >= 4 is 0 Å². The SMILES string of the molecule is CC(C)CCC[C@@H](C)[C@H]1CC[C@H]2[C@@H]3CCC4C[C@@H](O[C@H]5O[C@@H]6COCc7ccccc7CCCc7ccccc7CO[C@H]([C@H]5OCc5ccccc5)[C@@H]6OCc5ccccc5)CC[C@]4(C)[C@H]3CC[C@]12C. The number of rotatable bonds is 13. The lowest BCUT2D eigenvalue weighted by molar-refractivity contribution is -0.340. The molecule has 1 saturated heterocycles. The van der Waals surface area contributed by atoms with Crippen molar-refractivity contribution in [3.63, 3.8) is 0 Å². The van der Waals surface area contributed by atoms with E-state index >= 15 is 0 Å². The molecule has 6 heteroatoms. The van der Waals surface area contributed by atoms with Crippen LogP contribution in [0, 0.1) is 52.3 Å². The molecule has 2 bridgehead atoms. The third-order valence-electron chi connectivity index (χ3n) is 19.4. The summed E-state index contributed by atoms with van der Waals surface area (Å²) in [5, 5.41) is 0. The van der Waals surface area contributed by atoms with Crippen molar-refractivity contribution in [2.45, 2.75) is 194 Å². The molecule has 5 fully saturated rings. The van der Waals surface area contributed by atoms with E-state index in [1.807, 2.05) is 0 Å². The first-order valence-corrected chi connectivity index (χ1v) is 28.1. The van der Waals surface area contributed by atoms with E-state index in [1.54, 1.807) is 0 Å². The summed E-state index contributed by atoms with van der Waals surface area (Å²) in [7, 11) is 0. The van der Waals surface area contributed by atoms with Gasteiger partial charge in [-0.2, -0.15) is 0 Å². The smallest absolute Gasteiger partial charge is 0.187 e. The number of benzene rings is 4. The minimum atomic E-state index is -0.656. The van der Waals surface area contributed by atoms with Crippen LogP contribution in [0.15, 0.2) is 109 Å². The maximum atomic E-state index is 7.46. The fourth-order valence-electron chi connectivity index (χ4n) is 15.6. The van der Waals surface area contributed by atoms with Gasteiger partial charge in [0.1, 0.15) is 24.4 Å². The van der Waals surface area contributed by atoms with Crippen molar-refractivity contribution in [2.24, 2.45) is 52.3 Å². The Bertz CT molecular complexity index is 2250. The van der Waals surface area contributed by atoms with E-state index in [-0.39, 0.29) is 6.10 Å². The highest BCUT2D eigenvalue weighted by Gasteiger charge is 2.61. The average Bonchev–Trinajstić information content (AvgIpc) is 3.73. The first kappa shape index (κ1) is 50.2. The number of fused-ring (bicyclic) bond motifs is 9. The molecular formula is C64H86O6.